The summed E-state index contributed by atoms with van der Waals surface area (Å²) in [4.78, 5) is 12.5. The van der Waals surface area contributed by atoms with Gasteiger partial charge in [-0.15, -0.1) is 0 Å². The van der Waals surface area contributed by atoms with Crippen molar-refractivity contribution in [3.63, 3.8) is 0 Å². The van der Waals surface area contributed by atoms with Crippen LogP contribution < -0.4 is 10.6 Å². The fraction of sp³-hybridized carbons (Fsp3) is 0.208. The van der Waals surface area contributed by atoms with Crippen molar-refractivity contribution in [3.05, 3.63) is 101 Å². The molecule has 0 aromatic heterocycles. The molecule has 3 rings (SSSR count). The van der Waals surface area contributed by atoms with E-state index in [1.807, 2.05) is 49.4 Å². The number of urea groups is 1. The average Bonchev–Trinajstić information content (AvgIpc) is 2.68. The van der Waals surface area contributed by atoms with E-state index in [1.54, 1.807) is 0 Å². The Hall–Kier alpha value is -3.07. The summed E-state index contributed by atoms with van der Waals surface area (Å²) in [5.74, 6) is 0.110. The van der Waals surface area contributed by atoms with E-state index in [1.165, 1.54) is 22.3 Å². The van der Waals surface area contributed by atoms with Crippen LogP contribution >= 0.6 is 0 Å². The standard InChI is InChI=1S/C24H26N2O/c1-17-14-19(3)23(15-18(17)2)26-24(27)25-16-22(20-10-6-4-7-11-20)21-12-8-5-9-13-21/h4-15,22H,16H2,1-3H3,(H2,25,26,27). The molecule has 138 valence electrons. The van der Waals surface area contributed by atoms with E-state index in [-0.39, 0.29) is 11.9 Å². The number of aryl methyl sites for hydroxylation is 3. The maximum absolute atomic E-state index is 12.5. The minimum atomic E-state index is -0.182. The summed E-state index contributed by atoms with van der Waals surface area (Å²) in [6.45, 7) is 6.68. The molecule has 27 heavy (non-hydrogen) atoms. The minimum Gasteiger partial charge on any atom is -0.337 e. The van der Waals surface area contributed by atoms with Crippen LogP contribution in [0.3, 0.4) is 0 Å². The number of amides is 2. The molecule has 0 saturated heterocycles. The van der Waals surface area contributed by atoms with Gasteiger partial charge in [0, 0.05) is 18.2 Å². The van der Waals surface area contributed by atoms with E-state index >= 15 is 0 Å². The van der Waals surface area contributed by atoms with Crippen LogP contribution in [0.4, 0.5) is 10.5 Å². The molecule has 0 aliphatic carbocycles. The van der Waals surface area contributed by atoms with Crippen molar-refractivity contribution in [3.8, 4) is 0 Å². The van der Waals surface area contributed by atoms with E-state index in [9.17, 15) is 4.79 Å². The first-order valence-electron chi connectivity index (χ1n) is 9.27. The molecule has 0 unspecified atom stereocenters. The van der Waals surface area contributed by atoms with Crippen molar-refractivity contribution < 1.29 is 4.79 Å². The summed E-state index contributed by atoms with van der Waals surface area (Å²) < 4.78 is 0. The Morgan fingerprint density at radius 3 is 1.85 bits per heavy atom. The Balaban J connectivity index is 1.72. The van der Waals surface area contributed by atoms with Gasteiger partial charge in [-0.1, -0.05) is 66.7 Å². The van der Waals surface area contributed by atoms with Gasteiger partial charge in [0.05, 0.1) is 0 Å². The molecule has 0 radical (unpaired) electrons. The number of benzene rings is 3. The van der Waals surface area contributed by atoms with Crippen LogP contribution in [-0.4, -0.2) is 12.6 Å². The third-order valence-corrected chi connectivity index (χ3v) is 4.96. The van der Waals surface area contributed by atoms with Gasteiger partial charge in [-0.25, -0.2) is 4.79 Å². The highest BCUT2D eigenvalue weighted by Gasteiger charge is 2.15. The Morgan fingerprint density at radius 1 is 0.778 bits per heavy atom. The quantitative estimate of drug-likeness (QED) is 0.615. The Kier molecular flexibility index (Phi) is 5.92. The second-order valence-electron chi connectivity index (χ2n) is 6.96. The fourth-order valence-corrected chi connectivity index (χ4v) is 3.26. The molecule has 0 bridgehead atoms. The van der Waals surface area contributed by atoms with E-state index in [4.69, 9.17) is 0 Å². The molecule has 0 atom stereocenters. The summed E-state index contributed by atoms with van der Waals surface area (Å²) in [6, 6.07) is 24.5. The summed E-state index contributed by atoms with van der Waals surface area (Å²) in [5, 5.41) is 6.03. The van der Waals surface area contributed by atoms with Crippen LogP contribution in [0.2, 0.25) is 0 Å². The Bertz CT molecular complexity index is 865. The first kappa shape index (κ1) is 18.7. The molecular formula is C24H26N2O. The highest BCUT2D eigenvalue weighted by molar-refractivity contribution is 5.90. The van der Waals surface area contributed by atoms with Crippen LogP contribution in [0.25, 0.3) is 0 Å². The van der Waals surface area contributed by atoms with Crippen LogP contribution in [0.1, 0.15) is 33.7 Å². The number of carbonyl (C=O) groups is 1. The third kappa shape index (κ3) is 4.76. The van der Waals surface area contributed by atoms with Gasteiger partial charge in [-0.2, -0.15) is 0 Å². The zero-order valence-electron chi connectivity index (χ0n) is 16.1. The normalized spacial score (nSPS) is 10.7. The molecule has 0 heterocycles. The van der Waals surface area contributed by atoms with Crippen molar-refractivity contribution in [2.45, 2.75) is 26.7 Å². The molecule has 3 nitrogen and oxygen atoms in total. The van der Waals surface area contributed by atoms with E-state index < -0.39 is 0 Å². The summed E-state index contributed by atoms with van der Waals surface area (Å²) in [7, 11) is 0. The lowest BCUT2D eigenvalue weighted by atomic mass is 9.91. The molecule has 0 spiro atoms. The smallest absolute Gasteiger partial charge is 0.319 e. The van der Waals surface area contributed by atoms with Crippen LogP contribution in [0.5, 0.6) is 0 Å². The summed E-state index contributed by atoms with van der Waals surface area (Å²) >= 11 is 0. The van der Waals surface area contributed by atoms with Crippen molar-refractivity contribution >= 4 is 11.7 Å². The maximum atomic E-state index is 12.5. The zero-order valence-corrected chi connectivity index (χ0v) is 16.1. The monoisotopic (exact) mass is 358 g/mol. The van der Waals surface area contributed by atoms with Gasteiger partial charge in [0.15, 0.2) is 0 Å². The van der Waals surface area contributed by atoms with E-state index in [0.717, 1.165) is 11.3 Å². The first-order chi connectivity index (χ1) is 13.0. The Morgan fingerprint density at radius 2 is 1.30 bits per heavy atom. The minimum absolute atomic E-state index is 0.110. The molecule has 3 heteroatoms. The molecule has 0 aliphatic heterocycles. The third-order valence-electron chi connectivity index (χ3n) is 4.96. The van der Waals surface area contributed by atoms with Gasteiger partial charge in [0.25, 0.3) is 0 Å². The topological polar surface area (TPSA) is 41.1 Å². The van der Waals surface area contributed by atoms with E-state index in [2.05, 4.69) is 54.8 Å². The van der Waals surface area contributed by atoms with Crippen molar-refractivity contribution in [1.29, 1.82) is 0 Å². The van der Waals surface area contributed by atoms with Gasteiger partial charge < -0.3 is 10.6 Å². The van der Waals surface area contributed by atoms with Crippen LogP contribution in [0, 0.1) is 20.8 Å². The maximum Gasteiger partial charge on any atom is 0.319 e. The molecule has 3 aromatic rings. The molecule has 0 saturated carbocycles. The zero-order chi connectivity index (χ0) is 19.2. The van der Waals surface area contributed by atoms with Crippen molar-refractivity contribution in [2.75, 3.05) is 11.9 Å². The fourth-order valence-electron chi connectivity index (χ4n) is 3.26. The predicted octanol–water partition coefficient (Wildman–Crippen LogP) is 5.57. The first-order valence-corrected chi connectivity index (χ1v) is 9.27. The molecule has 2 amide bonds. The van der Waals surface area contributed by atoms with Gasteiger partial charge in [0.2, 0.25) is 0 Å². The number of rotatable bonds is 5. The lowest BCUT2D eigenvalue weighted by molar-refractivity contribution is 0.252. The van der Waals surface area contributed by atoms with Gasteiger partial charge >= 0.3 is 6.03 Å². The van der Waals surface area contributed by atoms with Gasteiger partial charge in [0.1, 0.15) is 0 Å². The average molecular weight is 358 g/mol. The van der Waals surface area contributed by atoms with E-state index in [0.29, 0.717) is 6.54 Å². The number of hydrogen-bond donors (Lipinski definition) is 2. The lowest BCUT2D eigenvalue weighted by Crippen LogP contribution is -2.33. The number of carbonyl (C=O) groups excluding carboxylic acids is 1. The number of nitrogens with one attached hydrogen (secondary N) is 2. The Labute approximate surface area is 161 Å². The van der Waals surface area contributed by atoms with Crippen LogP contribution in [-0.2, 0) is 0 Å². The van der Waals surface area contributed by atoms with Gasteiger partial charge in [-0.3, -0.25) is 0 Å². The molecular weight excluding hydrogens is 332 g/mol. The highest BCUT2D eigenvalue weighted by Crippen LogP contribution is 2.24. The number of anilines is 1. The summed E-state index contributed by atoms with van der Waals surface area (Å²) in [6.07, 6.45) is 0. The largest absolute Gasteiger partial charge is 0.337 e. The SMILES string of the molecule is Cc1cc(C)c(NC(=O)NCC(c2ccccc2)c2ccccc2)cc1C. The van der Waals surface area contributed by atoms with Gasteiger partial charge in [-0.05, 0) is 54.7 Å². The van der Waals surface area contributed by atoms with Crippen molar-refractivity contribution in [2.24, 2.45) is 0 Å². The summed E-state index contributed by atoms with van der Waals surface area (Å²) in [5.41, 5.74) is 6.69. The van der Waals surface area contributed by atoms with Crippen LogP contribution in [0.15, 0.2) is 72.8 Å². The number of hydrogen-bond acceptors (Lipinski definition) is 1. The molecule has 0 aliphatic rings. The molecule has 3 aromatic carbocycles. The van der Waals surface area contributed by atoms with Crippen molar-refractivity contribution in [1.82, 2.24) is 5.32 Å². The lowest BCUT2D eigenvalue weighted by Gasteiger charge is -2.19. The second-order valence-corrected chi connectivity index (χ2v) is 6.96. The highest BCUT2D eigenvalue weighted by atomic mass is 16.2. The predicted molar refractivity (Wildman–Crippen MR) is 112 cm³/mol. The molecule has 2 N–H and O–H groups in total. The second kappa shape index (κ2) is 8.54. The molecule has 0 fully saturated rings.